The molecule has 1 aromatic heterocycles. The van der Waals surface area contributed by atoms with E-state index in [1.807, 2.05) is 77.9 Å². The Bertz CT molecular complexity index is 1290. The van der Waals surface area contributed by atoms with Crippen LogP contribution in [0.2, 0.25) is 5.02 Å². The molecule has 6 heteroatoms. The third-order valence-electron chi connectivity index (χ3n) is 5.71. The van der Waals surface area contributed by atoms with Crippen LogP contribution < -0.4 is 5.32 Å². The van der Waals surface area contributed by atoms with Crippen molar-refractivity contribution in [1.29, 1.82) is 0 Å². The van der Waals surface area contributed by atoms with Crippen molar-refractivity contribution in [1.82, 2.24) is 9.47 Å². The molecule has 0 bridgehead atoms. The maximum atomic E-state index is 13.7. The summed E-state index contributed by atoms with van der Waals surface area (Å²) in [7, 11) is 0. The minimum absolute atomic E-state index is 0.155. The van der Waals surface area contributed by atoms with Crippen molar-refractivity contribution in [3.05, 3.63) is 113 Å². The zero-order chi connectivity index (χ0) is 22.1. The van der Waals surface area contributed by atoms with Gasteiger partial charge in [-0.25, -0.2) is 4.79 Å². The normalized spacial score (nSPS) is 14.9. The highest BCUT2D eigenvalue weighted by Crippen LogP contribution is 2.37. The Hall–Kier alpha value is -3.15. The van der Waals surface area contributed by atoms with E-state index in [2.05, 4.69) is 34.3 Å². The number of hydrogen-bond donors (Lipinski definition) is 1. The van der Waals surface area contributed by atoms with Gasteiger partial charge in [0.2, 0.25) is 0 Å². The number of amides is 2. The Labute approximate surface area is 196 Å². The zero-order valence-electron chi connectivity index (χ0n) is 17.5. The number of nitrogens with one attached hydrogen (secondary N) is 1. The van der Waals surface area contributed by atoms with Crippen molar-refractivity contribution >= 4 is 35.1 Å². The number of para-hydroxylation sites is 1. The summed E-state index contributed by atoms with van der Waals surface area (Å²) >= 11 is 8.00. The van der Waals surface area contributed by atoms with Gasteiger partial charge in [-0.1, -0.05) is 48.0 Å². The second kappa shape index (κ2) is 8.77. The Morgan fingerprint density at radius 2 is 1.84 bits per heavy atom. The fourth-order valence-electron chi connectivity index (χ4n) is 4.26. The number of nitrogens with zero attached hydrogens (tertiary/aromatic N) is 2. The molecular formula is C26H22ClN3OS. The van der Waals surface area contributed by atoms with Gasteiger partial charge in [-0.3, -0.25) is 0 Å². The van der Waals surface area contributed by atoms with Crippen LogP contribution in [0.5, 0.6) is 0 Å². The SMILES string of the molecule is CSc1cccc(NC(=O)N2Cc3ccccc3-n3cccc3C2c2cccc(Cl)c2)c1. The van der Waals surface area contributed by atoms with Crippen LogP contribution in [0.15, 0.2) is 96.0 Å². The van der Waals surface area contributed by atoms with Crippen molar-refractivity contribution in [3.8, 4) is 5.69 Å². The average Bonchev–Trinajstić information content (AvgIpc) is 3.23. The fourth-order valence-corrected chi connectivity index (χ4v) is 4.92. The van der Waals surface area contributed by atoms with Crippen LogP contribution >= 0.6 is 23.4 Å². The lowest BCUT2D eigenvalue weighted by Crippen LogP contribution is -2.37. The minimum Gasteiger partial charge on any atom is -0.318 e. The Kier molecular flexibility index (Phi) is 5.68. The van der Waals surface area contributed by atoms with Crippen LogP contribution in [0.3, 0.4) is 0 Å². The predicted molar refractivity (Wildman–Crippen MR) is 132 cm³/mol. The van der Waals surface area contributed by atoms with Crippen molar-refractivity contribution in [2.45, 2.75) is 17.5 Å². The number of carbonyl (C=O) groups is 1. The molecule has 1 N–H and O–H groups in total. The van der Waals surface area contributed by atoms with Gasteiger partial charge in [-0.05, 0) is 65.9 Å². The highest BCUT2D eigenvalue weighted by molar-refractivity contribution is 7.98. The van der Waals surface area contributed by atoms with Crippen molar-refractivity contribution in [2.24, 2.45) is 0 Å². The van der Waals surface area contributed by atoms with E-state index >= 15 is 0 Å². The summed E-state index contributed by atoms with van der Waals surface area (Å²) in [5.41, 5.74) is 4.94. The molecule has 3 aromatic carbocycles. The van der Waals surface area contributed by atoms with Gasteiger partial charge in [0.1, 0.15) is 0 Å². The molecule has 1 unspecified atom stereocenters. The molecule has 1 aliphatic heterocycles. The quantitative estimate of drug-likeness (QED) is 0.335. The smallest absolute Gasteiger partial charge is 0.318 e. The summed E-state index contributed by atoms with van der Waals surface area (Å²) in [6.07, 6.45) is 4.07. The lowest BCUT2D eigenvalue weighted by Gasteiger charge is -2.31. The summed E-state index contributed by atoms with van der Waals surface area (Å²) < 4.78 is 2.17. The molecule has 1 atom stereocenters. The maximum Gasteiger partial charge on any atom is 0.322 e. The molecule has 1 aliphatic rings. The van der Waals surface area contributed by atoms with Crippen LogP contribution in [0, 0.1) is 0 Å². The van der Waals surface area contributed by atoms with Gasteiger partial charge in [-0.2, -0.15) is 0 Å². The van der Waals surface area contributed by atoms with E-state index in [9.17, 15) is 4.79 Å². The molecule has 2 amide bonds. The van der Waals surface area contributed by atoms with E-state index < -0.39 is 0 Å². The molecule has 0 radical (unpaired) electrons. The monoisotopic (exact) mass is 459 g/mol. The van der Waals surface area contributed by atoms with Crippen molar-refractivity contribution < 1.29 is 4.79 Å². The number of urea groups is 1. The third-order valence-corrected chi connectivity index (χ3v) is 6.67. The van der Waals surface area contributed by atoms with Gasteiger partial charge in [0.25, 0.3) is 0 Å². The predicted octanol–water partition coefficient (Wildman–Crippen LogP) is 6.99. The first-order chi connectivity index (χ1) is 15.6. The second-order valence-corrected chi connectivity index (χ2v) is 9.00. The minimum atomic E-state index is -0.292. The first kappa shape index (κ1) is 20.7. The number of aromatic nitrogens is 1. The van der Waals surface area contributed by atoms with E-state index in [-0.39, 0.29) is 12.1 Å². The average molecular weight is 460 g/mol. The molecule has 0 fully saturated rings. The van der Waals surface area contributed by atoms with Crippen LogP contribution in [0.25, 0.3) is 5.69 Å². The van der Waals surface area contributed by atoms with Crippen molar-refractivity contribution in [2.75, 3.05) is 11.6 Å². The maximum absolute atomic E-state index is 13.7. The van der Waals surface area contributed by atoms with Gasteiger partial charge in [-0.15, -0.1) is 11.8 Å². The van der Waals surface area contributed by atoms with E-state index in [4.69, 9.17) is 11.6 Å². The molecular weight excluding hydrogens is 438 g/mol. The first-order valence-corrected chi connectivity index (χ1v) is 12.0. The summed E-state index contributed by atoms with van der Waals surface area (Å²) in [6.45, 7) is 0.475. The molecule has 2 heterocycles. The molecule has 0 aliphatic carbocycles. The molecule has 4 aromatic rings. The van der Waals surface area contributed by atoms with E-state index in [1.54, 1.807) is 11.8 Å². The second-order valence-electron chi connectivity index (χ2n) is 7.68. The van der Waals surface area contributed by atoms with Crippen LogP contribution in [-0.4, -0.2) is 21.8 Å². The number of hydrogen-bond acceptors (Lipinski definition) is 2. The first-order valence-electron chi connectivity index (χ1n) is 10.4. The largest absolute Gasteiger partial charge is 0.322 e. The molecule has 160 valence electrons. The summed E-state index contributed by atoms with van der Waals surface area (Å²) in [5, 5.41) is 3.76. The number of benzene rings is 3. The van der Waals surface area contributed by atoms with E-state index in [1.165, 1.54) is 0 Å². The van der Waals surface area contributed by atoms with Gasteiger partial charge < -0.3 is 14.8 Å². The lowest BCUT2D eigenvalue weighted by molar-refractivity contribution is 0.194. The third kappa shape index (κ3) is 3.90. The highest BCUT2D eigenvalue weighted by Gasteiger charge is 2.33. The van der Waals surface area contributed by atoms with Gasteiger partial charge in [0.05, 0.1) is 18.3 Å². The van der Waals surface area contributed by atoms with E-state index in [0.717, 1.165) is 33.1 Å². The lowest BCUT2D eigenvalue weighted by atomic mass is 10.0. The zero-order valence-corrected chi connectivity index (χ0v) is 19.1. The number of halogens is 1. The van der Waals surface area contributed by atoms with Crippen molar-refractivity contribution in [3.63, 3.8) is 0 Å². The summed E-state index contributed by atoms with van der Waals surface area (Å²) in [5.74, 6) is 0. The highest BCUT2D eigenvalue weighted by atomic mass is 35.5. The molecule has 32 heavy (non-hydrogen) atoms. The van der Waals surface area contributed by atoms with Crippen LogP contribution in [0.1, 0.15) is 22.9 Å². The summed E-state index contributed by atoms with van der Waals surface area (Å²) in [4.78, 5) is 16.7. The van der Waals surface area contributed by atoms with Crippen LogP contribution in [0.4, 0.5) is 10.5 Å². The van der Waals surface area contributed by atoms with Gasteiger partial charge >= 0.3 is 6.03 Å². The standard InChI is InChI=1S/C26H22ClN3OS/c1-32-22-11-5-10-21(16-22)28-26(31)30-17-19-7-2-3-12-23(19)29-14-6-13-24(29)25(30)18-8-4-9-20(27)15-18/h2-16,25H,17H2,1H3,(H,28,31). The molecule has 0 saturated carbocycles. The Balaban J connectivity index is 1.62. The number of thioether (sulfide) groups is 1. The molecule has 5 rings (SSSR count). The van der Waals surface area contributed by atoms with E-state index in [0.29, 0.717) is 11.6 Å². The van der Waals surface area contributed by atoms with Gasteiger partial charge in [0, 0.05) is 27.5 Å². The summed E-state index contributed by atoms with van der Waals surface area (Å²) in [6, 6.07) is 27.5. The van der Waals surface area contributed by atoms with Crippen LogP contribution in [-0.2, 0) is 6.54 Å². The molecule has 0 spiro atoms. The fraction of sp³-hybridized carbons (Fsp3) is 0.115. The number of carbonyl (C=O) groups excluding carboxylic acids is 1. The number of rotatable bonds is 3. The number of anilines is 1. The molecule has 0 saturated heterocycles. The number of fused-ring (bicyclic) bond motifs is 3. The Morgan fingerprint density at radius 3 is 2.69 bits per heavy atom. The Morgan fingerprint density at radius 1 is 1.00 bits per heavy atom. The topological polar surface area (TPSA) is 37.3 Å². The molecule has 4 nitrogen and oxygen atoms in total. The van der Waals surface area contributed by atoms with Gasteiger partial charge in [0.15, 0.2) is 0 Å².